The number of ketones is 1. The SMILES string of the molecule is CC1CCCC2(C)C1CCC1(C)C3CCC4(C)CCC(C(=O)O)CC4C3=CC(=O)C12. The Bertz CT molecular complexity index is 798. The number of carbonyl (C=O) groups excluding carboxylic acids is 1. The van der Waals surface area contributed by atoms with Crippen molar-refractivity contribution in [1.82, 2.24) is 0 Å². The Morgan fingerprint density at radius 1 is 0.967 bits per heavy atom. The number of hydrogen-bond acceptors (Lipinski definition) is 2. The zero-order chi connectivity index (χ0) is 21.5. The van der Waals surface area contributed by atoms with Crippen molar-refractivity contribution in [3.8, 4) is 0 Å². The van der Waals surface area contributed by atoms with Gasteiger partial charge in [-0.15, -0.1) is 0 Å². The van der Waals surface area contributed by atoms with Gasteiger partial charge < -0.3 is 5.11 Å². The smallest absolute Gasteiger partial charge is 0.306 e. The quantitative estimate of drug-likeness (QED) is 0.552. The Kier molecular flexibility index (Phi) is 4.63. The first-order valence-electron chi connectivity index (χ1n) is 12.6. The molecule has 0 aromatic rings. The van der Waals surface area contributed by atoms with Crippen LogP contribution in [-0.4, -0.2) is 16.9 Å². The highest BCUT2D eigenvalue weighted by Crippen LogP contribution is 2.69. The monoisotopic (exact) mass is 412 g/mol. The normalized spacial score (nSPS) is 52.9. The van der Waals surface area contributed by atoms with Gasteiger partial charge in [-0.2, -0.15) is 0 Å². The average Bonchev–Trinajstić information content (AvgIpc) is 2.66. The van der Waals surface area contributed by atoms with Crippen molar-refractivity contribution in [3.05, 3.63) is 11.6 Å². The summed E-state index contributed by atoms with van der Waals surface area (Å²) >= 11 is 0. The van der Waals surface area contributed by atoms with E-state index in [1.807, 2.05) is 0 Å². The van der Waals surface area contributed by atoms with E-state index in [-0.39, 0.29) is 34.0 Å². The van der Waals surface area contributed by atoms with E-state index in [0.717, 1.165) is 25.2 Å². The van der Waals surface area contributed by atoms with Crippen molar-refractivity contribution in [3.63, 3.8) is 0 Å². The summed E-state index contributed by atoms with van der Waals surface area (Å²) in [5, 5.41) is 9.70. The maximum Gasteiger partial charge on any atom is 0.306 e. The van der Waals surface area contributed by atoms with Crippen LogP contribution in [0.3, 0.4) is 0 Å². The predicted octanol–water partition coefficient (Wildman–Crippen LogP) is 6.27. The van der Waals surface area contributed by atoms with Crippen LogP contribution in [0.25, 0.3) is 0 Å². The molecule has 4 saturated carbocycles. The van der Waals surface area contributed by atoms with Crippen molar-refractivity contribution in [2.75, 3.05) is 0 Å². The van der Waals surface area contributed by atoms with Crippen molar-refractivity contribution in [1.29, 1.82) is 0 Å². The van der Waals surface area contributed by atoms with Crippen LogP contribution < -0.4 is 0 Å². The highest BCUT2D eigenvalue weighted by Gasteiger charge is 2.64. The summed E-state index contributed by atoms with van der Waals surface area (Å²) < 4.78 is 0. The second-order valence-electron chi connectivity index (χ2n) is 12.6. The number of hydrogen-bond donors (Lipinski definition) is 1. The molecule has 5 aliphatic carbocycles. The number of rotatable bonds is 1. The fourth-order valence-corrected chi connectivity index (χ4v) is 9.67. The largest absolute Gasteiger partial charge is 0.481 e. The van der Waals surface area contributed by atoms with Crippen molar-refractivity contribution >= 4 is 11.8 Å². The summed E-state index contributed by atoms with van der Waals surface area (Å²) in [7, 11) is 0. The van der Waals surface area contributed by atoms with Gasteiger partial charge in [0.05, 0.1) is 5.92 Å². The molecule has 30 heavy (non-hydrogen) atoms. The van der Waals surface area contributed by atoms with E-state index in [1.54, 1.807) is 0 Å². The lowest BCUT2D eigenvalue weighted by Crippen LogP contribution is -2.60. The van der Waals surface area contributed by atoms with Gasteiger partial charge in [0.15, 0.2) is 5.78 Å². The van der Waals surface area contributed by atoms with E-state index >= 15 is 0 Å². The number of carboxylic acids is 1. The zero-order valence-electron chi connectivity index (χ0n) is 19.4. The van der Waals surface area contributed by atoms with Crippen molar-refractivity contribution < 1.29 is 14.7 Å². The third kappa shape index (κ3) is 2.69. The fraction of sp³-hybridized carbons (Fsp3) is 0.852. The molecule has 166 valence electrons. The van der Waals surface area contributed by atoms with Crippen LogP contribution in [0, 0.1) is 51.8 Å². The maximum atomic E-state index is 13.9. The Morgan fingerprint density at radius 2 is 1.70 bits per heavy atom. The molecule has 0 spiro atoms. The summed E-state index contributed by atoms with van der Waals surface area (Å²) in [6.07, 6.45) is 13.2. The van der Waals surface area contributed by atoms with Crippen LogP contribution in [0.4, 0.5) is 0 Å². The lowest BCUT2D eigenvalue weighted by atomic mass is 9.39. The number of carbonyl (C=O) groups is 2. The summed E-state index contributed by atoms with van der Waals surface area (Å²) in [6.45, 7) is 9.67. The standard InChI is InChI=1S/C27H40O3/c1-16-6-5-10-26(3)19(16)9-13-27(4)20-8-12-25(2)11-7-17(24(29)30)14-21(25)18(20)15-22(28)23(26)27/h15-17,19-21,23H,5-14H2,1-4H3,(H,29,30). The number of aliphatic carboxylic acids is 1. The molecule has 0 aromatic heterocycles. The fourth-order valence-electron chi connectivity index (χ4n) is 9.67. The molecule has 3 heteroatoms. The first kappa shape index (κ1) is 20.8. The summed E-state index contributed by atoms with van der Waals surface area (Å²) in [5.41, 5.74) is 1.73. The number of carboxylic acid groups (broad SMARTS) is 1. The second-order valence-corrected chi connectivity index (χ2v) is 12.6. The lowest BCUT2D eigenvalue weighted by Gasteiger charge is -2.65. The lowest BCUT2D eigenvalue weighted by molar-refractivity contribution is -0.159. The van der Waals surface area contributed by atoms with Crippen LogP contribution in [-0.2, 0) is 9.59 Å². The first-order valence-corrected chi connectivity index (χ1v) is 12.6. The highest BCUT2D eigenvalue weighted by molar-refractivity contribution is 5.95. The Morgan fingerprint density at radius 3 is 2.43 bits per heavy atom. The van der Waals surface area contributed by atoms with Crippen molar-refractivity contribution in [2.45, 2.75) is 91.9 Å². The van der Waals surface area contributed by atoms with Gasteiger partial charge in [-0.1, -0.05) is 46.1 Å². The summed E-state index contributed by atoms with van der Waals surface area (Å²) in [6, 6.07) is 0. The second kappa shape index (κ2) is 6.69. The molecule has 5 rings (SSSR count). The molecule has 0 aliphatic heterocycles. The Balaban J connectivity index is 1.56. The van der Waals surface area contributed by atoms with Gasteiger partial charge >= 0.3 is 5.97 Å². The molecule has 9 atom stereocenters. The van der Waals surface area contributed by atoms with E-state index in [4.69, 9.17) is 0 Å². The zero-order valence-corrected chi connectivity index (χ0v) is 19.4. The molecule has 0 bridgehead atoms. The molecule has 0 radical (unpaired) electrons. The van der Waals surface area contributed by atoms with Crippen molar-refractivity contribution in [2.24, 2.45) is 51.8 Å². The molecule has 5 aliphatic rings. The van der Waals surface area contributed by atoms with E-state index in [2.05, 4.69) is 33.8 Å². The first-order chi connectivity index (χ1) is 14.1. The third-order valence-corrected chi connectivity index (χ3v) is 11.2. The van der Waals surface area contributed by atoms with Gasteiger partial charge in [-0.05, 0) is 97.4 Å². The van der Waals surface area contributed by atoms with Crippen LogP contribution >= 0.6 is 0 Å². The molecule has 0 heterocycles. The molecule has 0 aromatic carbocycles. The van der Waals surface area contributed by atoms with Crippen LogP contribution in [0.2, 0.25) is 0 Å². The minimum Gasteiger partial charge on any atom is -0.481 e. The molecule has 1 N–H and O–H groups in total. The van der Waals surface area contributed by atoms with Crippen LogP contribution in [0.1, 0.15) is 91.9 Å². The Hall–Kier alpha value is -1.12. The molecule has 0 saturated heterocycles. The minimum atomic E-state index is -0.643. The van der Waals surface area contributed by atoms with Gasteiger partial charge in [0, 0.05) is 5.92 Å². The molecular weight excluding hydrogens is 372 g/mol. The van der Waals surface area contributed by atoms with E-state index in [0.29, 0.717) is 17.6 Å². The van der Waals surface area contributed by atoms with Gasteiger partial charge in [0.25, 0.3) is 0 Å². The summed E-state index contributed by atoms with van der Waals surface area (Å²) in [5.74, 6) is 1.82. The van der Waals surface area contributed by atoms with Crippen LogP contribution in [0.5, 0.6) is 0 Å². The number of allylic oxidation sites excluding steroid dienone is 2. The van der Waals surface area contributed by atoms with E-state index < -0.39 is 5.97 Å². The molecular formula is C27H40O3. The minimum absolute atomic E-state index is 0.0565. The van der Waals surface area contributed by atoms with Gasteiger partial charge in [-0.25, -0.2) is 0 Å². The maximum absolute atomic E-state index is 13.9. The molecule has 4 fully saturated rings. The average molecular weight is 413 g/mol. The number of fused-ring (bicyclic) bond motifs is 7. The van der Waals surface area contributed by atoms with Crippen LogP contribution in [0.15, 0.2) is 11.6 Å². The van der Waals surface area contributed by atoms with E-state index in [9.17, 15) is 14.7 Å². The summed E-state index contributed by atoms with van der Waals surface area (Å²) in [4.78, 5) is 25.6. The predicted molar refractivity (Wildman–Crippen MR) is 118 cm³/mol. The van der Waals surface area contributed by atoms with Gasteiger partial charge in [-0.3, -0.25) is 9.59 Å². The van der Waals surface area contributed by atoms with E-state index in [1.165, 1.54) is 50.5 Å². The highest BCUT2D eigenvalue weighted by atomic mass is 16.4. The third-order valence-electron chi connectivity index (χ3n) is 11.2. The Labute approximate surface area is 182 Å². The molecule has 0 amide bonds. The topological polar surface area (TPSA) is 54.4 Å². The molecule has 3 nitrogen and oxygen atoms in total. The molecule has 9 unspecified atom stereocenters. The van der Waals surface area contributed by atoms with Gasteiger partial charge in [0.1, 0.15) is 0 Å². The van der Waals surface area contributed by atoms with Gasteiger partial charge in [0.2, 0.25) is 0 Å².